The maximum absolute atomic E-state index is 12.0. The van der Waals surface area contributed by atoms with Gasteiger partial charge in [-0.15, -0.1) is 0 Å². The zero-order chi connectivity index (χ0) is 16.2. The van der Waals surface area contributed by atoms with Gasteiger partial charge in [0.2, 0.25) is 0 Å². The molecule has 2 aromatic carbocycles. The summed E-state index contributed by atoms with van der Waals surface area (Å²) >= 11 is 0. The number of hydrazone groups is 1. The highest BCUT2D eigenvalue weighted by atomic mass is 32.2. The van der Waals surface area contributed by atoms with Gasteiger partial charge in [-0.25, -0.2) is 4.83 Å². The molecule has 22 heavy (non-hydrogen) atoms. The van der Waals surface area contributed by atoms with Crippen LogP contribution in [0.15, 0.2) is 58.5 Å². The molecule has 0 radical (unpaired) electrons. The van der Waals surface area contributed by atoms with Gasteiger partial charge in [-0.1, -0.05) is 24.3 Å². The molecule has 0 saturated carbocycles. The van der Waals surface area contributed by atoms with E-state index < -0.39 is 14.9 Å². The molecule has 0 saturated heterocycles. The molecule has 0 bridgehead atoms. The van der Waals surface area contributed by atoms with Crippen molar-refractivity contribution in [3.8, 4) is 0 Å². The van der Waals surface area contributed by atoms with Gasteiger partial charge in [-0.3, -0.25) is 10.1 Å². The first-order valence-electron chi connectivity index (χ1n) is 6.25. The molecule has 0 aliphatic rings. The van der Waals surface area contributed by atoms with E-state index in [1.165, 1.54) is 6.21 Å². The van der Waals surface area contributed by atoms with Crippen molar-refractivity contribution in [3.05, 3.63) is 69.8 Å². The highest BCUT2D eigenvalue weighted by molar-refractivity contribution is 7.89. The molecular weight excluding hydrogens is 306 g/mol. The Bertz CT molecular complexity index is 814. The van der Waals surface area contributed by atoms with Crippen LogP contribution in [0, 0.1) is 17.0 Å². The van der Waals surface area contributed by atoms with E-state index in [4.69, 9.17) is 0 Å². The number of nitro groups is 1. The lowest BCUT2D eigenvalue weighted by molar-refractivity contribution is -0.384. The van der Waals surface area contributed by atoms with Crippen molar-refractivity contribution < 1.29 is 13.3 Å². The van der Waals surface area contributed by atoms with Crippen molar-refractivity contribution in [1.29, 1.82) is 0 Å². The third kappa shape index (κ3) is 3.67. The molecule has 0 fully saturated rings. The molecule has 7 nitrogen and oxygen atoms in total. The number of rotatable bonds is 5. The van der Waals surface area contributed by atoms with Gasteiger partial charge in [0.15, 0.2) is 0 Å². The normalized spacial score (nSPS) is 11.5. The van der Waals surface area contributed by atoms with Crippen LogP contribution < -0.4 is 4.83 Å². The van der Waals surface area contributed by atoms with Gasteiger partial charge in [0, 0.05) is 12.1 Å². The molecule has 0 unspecified atom stereocenters. The Hall–Kier alpha value is -2.74. The summed E-state index contributed by atoms with van der Waals surface area (Å²) in [5.41, 5.74) is 1.57. The summed E-state index contributed by atoms with van der Waals surface area (Å²) in [4.78, 5) is 11.9. The van der Waals surface area contributed by atoms with Crippen LogP contribution in [-0.4, -0.2) is 19.6 Å². The molecule has 114 valence electrons. The average Bonchev–Trinajstić information content (AvgIpc) is 2.49. The Kier molecular flexibility index (Phi) is 4.52. The van der Waals surface area contributed by atoms with Crippen LogP contribution >= 0.6 is 0 Å². The summed E-state index contributed by atoms with van der Waals surface area (Å²) in [5.74, 6) is 0. The number of hydrogen-bond donors (Lipinski definition) is 1. The highest BCUT2D eigenvalue weighted by Gasteiger charge is 2.14. The fraction of sp³-hybridized carbons (Fsp3) is 0.0714. The Morgan fingerprint density at radius 1 is 1.14 bits per heavy atom. The lowest BCUT2D eigenvalue weighted by Gasteiger charge is -2.03. The molecule has 0 amide bonds. The van der Waals surface area contributed by atoms with Gasteiger partial charge < -0.3 is 0 Å². The topological polar surface area (TPSA) is 102 Å². The van der Waals surface area contributed by atoms with Gasteiger partial charge in [0.1, 0.15) is 0 Å². The zero-order valence-corrected chi connectivity index (χ0v) is 12.4. The summed E-state index contributed by atoms with van der Waals surface area (Å²) in [6, 6.07) is 11.9. The fourth-order valence-corrected chi connectivity index (χ4v) is 2.49. The number of hydrogen-bond acceptors (Lipinski definition) is 5. The molecule has 0 heterocycles. The second-order valence-electron chi connectivity index (χ2n) is 4.46. The van der Waals surface area contributed by atoms with Gasteiger partial charge in [0.05, 0.1) is 16.0 Å². The number of nitro benzene ring substituents is 1. The number of nitrogens with zero attached hydrogens (tertiary/aromatic N) is 2. The van der Waals surface area contributed by atoms with Crippen molar-refractivity contribution in [2.75, 3.05) is 0 Å². The molecule has 0 aromatic heterocycles. The molecule has 0 spiro atoms. The molecule has 0 aliphatic heterocycles. The maximum Gasteiger partial charge on any atom is 0.276 e. The van der Waals surface area contributed by atoms with Crippen molar-refractivity contribution in [2.45, 2.75) is 11.8 Å². The first-order chi connectivity index (χ1) is 10.4. The quantitative estimate of drug-likeness (QED) is 0.518. The maximum atomic E-state index is 12.0. The minimum atomic E-state index is -3.86. The van der Waals surface area contributed by atoms with Gasteiger partial charge in [-0.2, -0.15) is 13.5 Å². The van der Waals surface area contributed by atoms with Crippen molar-refractivity contribution >= 4 is 21.9 Å². The summed E-state index contributed by atoms with van der Waals surface area (Å²) in [6.07, 6.45) is 1.40. The smallest absolute Gasteiger partial charge is 0.258 e. The molecule has 2 aromatic rings. The minimum Gasteiger partial charge on any atom is -0.258 e. The monoisotopic (exact) mass is 319 g/mol. The zero-order valence-electron chi connectivity index (χ0n) is 11.6. The van der Waals surface area contributed by atoms with Crippen molar-refractivity contribution in [3.63, 3.8) is 0 Å². The van der Waals surface area contributed by atoms with Crippen LogP contribution in [0.2, 0.25) is 0 Å². The van der Waals surface area contributed by atoms with Crippen LogP contribution in [0.1, 0.15) is 11.1 Å². The van der Waals surface area contributed by atoms with Crippen LogP contribution in [0.25, 0.3) is 0 Å². The first-order valence-corrected chi connectivity index (χ1v) is 7.73. The molecule has 8 heteroatoms. The second-order valence-corrected chi connectivity index (χ2v) is 6.12. The van der Waals surface area contributed by atoms with E-state index in [9.17, 15) is 18.5 Å². The van der Waals surface area contributed by atoms with E-state index in [-0.39, 0.29) is 10.6 Å². The van der Waals surface area contributed by atoms with Gasteiger partial charge in [0.25, 0.3) is 15.7 Å². The van der Waals surface area contributed by atoms with E-state index in [2.05, 4.69) is 9.93 Å². The predicted octanol–water partition coefficient (Wildman–Crippen LogP) is 2.22. The third-order valence-electron chi connectivity index (χ3n) is 2.92. The minimum absolute atomic E-state index is 0.0972. The van der Waals surface area contributed by atoms with E-state index in [1.807, 2.05) is 25.1 Å². The summed E-state index contributed by atoms with van der Waals surface area (Å²) in [7, 11) is -3.86. The van der Waals surface area contributed by atoms with E-state index in [0.29, 0.717) is 0 Å². The Morgan fingerprint density at radius 2 is 1.77 bits per heavy atom. The molecule has 2 rings (SSSR count). The van der Waals surface area contributed by atoms with Crippen LogP contribution in [0.3, 0.4) is 0 Å². The largest absolute Gasteiger partial charge is 0.276 e. The van der Waals surface area contributed by atoms with Crippen LogP contribution in [-0.2, 0) is 10.0 Å². The highest BCUT2D eigenvalue weighted by Crippen LogP contribution is 2.15. The molecule has 0 atom stereocenters. The molecule has 0 aliphatic carbocycles. The summed E-state index contributed by atoms with van der Waals surface area (Å²) in [6.45, 7) is 1.88. The summed E-state index contributed by atoms with van der Waals surface area (Å²) < 4.78 is 24.0. The van der Waals surface area contributed by atoms with Crippen molar-refractivity contribution in [2.24, 2.45) is 5.10 Å². The average molecular weight is 319 g/mol. The number of non-ortho nitro benzene ring substituents is 1. The van der Waals surface area contributed by atoms with Crippen LogP contribution in [0.4, 0.5) is 5.69 Å². The fourth-order valence-electron chi connectivity index (χ4n) is 1.70. The number of sulfonamides is 1. The SMILES string of the molecule is Cc1ccccc1/C=N/NS(=O)(=O)c1ccc([N+](=O)[O-])cc1. The first kappa shape index (κ1) is 15.6. The lowest BCUT2D eigenvalue weighted by Crippen LogP contribution is -2.18. The van der Waals surface area contributed by atoms with Gasteiger partial charge >= 0.3 is 0 Å². The lowest BCUT2D eigenvalue weighted by atomic mass is 10.1. The Labute approximate surface area is 127 Å². The molecular formula is C14H13N3O4S. The summed E-state index contributed by atoms with van der Waals surface area (Å²) in [5, 5.41) is 14.3. The predicted molar refractivity (Wildman–Crippen MR) is 82.2 cm³/mol. The van der Waals surface area contributed by atoms with Gasteiger partial charge in [-0.05, 0) is 30.2 Å². The number of benzene rings is 2. The van der Waals surface area contributed by atoms with E-state index in [0.717, 1.165) is 35.4 Å². The Morgan fingerprint density at radius 3 is 2.36 bits per heavy atom. The third-order valence-corrected chi connectivity index (χ3v) is 4.16. The molecule has 1 N–H and O–H groups in total. The standard InChI is InChI=1S/C14H13N3O4S/c1-11-4-2-3-5-12(11)10-15-16-22(20,21)14-8-6-13(7-9-14)17(18)19/h2-10,16H,1H3/b15-10+. The number of nitrogens with one attached hydrogen (secondary N) is 1. The van der Waals surface area contributed by atoms with E-state index >= 15 is 0 Å². The van der Waals surface area contributed by atoms with E-state index in [1.54, 1.807) is 6.07 Å². The second kappa shape index (κ2) is 6.35. The van der Waals surface area contributed by atoms with Crippen LogP contribution in [0.5, 0.6) is 0 Å². The van der Waals surface area contributed by atoms with Crippen molar-refractivity contribution in [1.82, 2.24) is 4.83 Å². The Balaban J connectivity index is 2.14. The number of aryl methyl sites for hydroxylation is 1.